The molecule has 2 aromatic rings. The quantitative estimate of drug-likeness (QED) is 0.855. The predicted molar refractivity (Wildman–Crippen MR) is 71.6 cm³/mol. The summed E-state index contributed by atoms with van der Waals surface area (Å²) in [5, 5.41) is 7.22. The summed E-state index contributed by atoms with van der Waals surface area (Å²) in [6.07, 6.45) is 1.08. The minimum Gasteiger partial charge on any atom is -0.356 e. The molecule has 18 heavy (non-hydrogen) atoms. The van der Waals surface area contributed by atoms with Crippen molar-refractivity contribution in [3.63, 3.8) is 0 Å². The average Bonchev–Trinajstić information content (AvgIpc) is 2.78. The largest absolute Gasteiger partial charge is 0.356 e. The summed E-state index contributed by atoms with van der Waals surface area (Å²) < 4.78 is 18.9. The van der Waals surface area contributed by atoms with Gasteiger partial charge in [0, 0.05) is 22.6 Å². The first kappa shape index (κ1) is 13.2. The van der Waals surface area contributed by atoms with Crippen LogP contribution in [0.3, 0.4) is 0 Å². The van der Waals surface area contributed by atoms with E-state index in [2.05, 4.69) is 33.3 Å². The van der Waals surface area contributed by atoms with Crippen molar-refractivity contribution in [1.29, 1.82) is 0 Å². The third-order valence-corrected chi connectivity index (χ3v) is 3.14. The van der Waals surface area contributed by atoms with E-state index in [4.69, 9.17) is 4.52 Å². The molecule has 0 saturated carbocycles. The second kappa shape index (κ2) is 6.11. The smallest absolute Gasteiger partial charge is 0.168 e. The number of nitrogens with zero attached hydrogens (tertiary/aromatic N) is 1. The minimum atomic E-state index is -0.282. The highest BCUT2D eigenvalue weighted by molar-refractivity contribution is 9.10. The summed E-state index contributed by atoms with van der Waals surface area (Å²) in [4.78, 5) is 0. The van der Waals surface area contributed by atoms with E-state index in [9.17, 15) is 4.39 Å². The van der Waals surface area contributed by atoms with E-state index in [1.165, 1.54) is 12.1 Å². The lowest BCUT2D eigenvalue weighted by Crippen LogP contribution is -2.13. The number of halogens is 2. The molecule has 0 saturated heterocycles. The molecule has 5 heteroatoms. The fraction of sp³-hybridized carbons (Fsp3) is 0.308. The molecular formula is C13H14BrFN2O. The zero-order chi connectivity index (χ0) is 13.0. The van der Waals surface area contributed by atoms with Gasteiger partial charge >= 0.3 is 0 Å². The second-order valence-corrected chi connectivity index (χ2v) is 4.84. The van der Waals surface area contributed by atoms with Crippen molar-refractivity contribution < 1.29 is 8.91 Å². The van der Waals surface area contributed by atoms with Crippen LogP contribution in [-0.2, 0) is 6.54 Å². The molecule has 0 aliphatic heterocycles. The average molecular weight is 313 g/mol. The zero-order valence-corrected chi connectivity index (χ0v) is 11.6. The highest BCUT2D eigenvalue weighted by Gasteiger charge is 2.10. The second-order valence-electron chi connectivity index (χ2n) is 3.98. The normalized spacial score (nSPS) is 10.8. The zero-order valence-electron chi connectivity index (χ0n) is 10.0. The number of benzene rings is 1. The molecule has 96 valence electrons. The van der Waals surface area contributed by atoms with Gasteiger partial charge in [-0.2, -0.15) is 0 Å². The first-order chi connectivity index (χ1) is 8.70. The molecule has 0 bridgehead atoms. The van der Waals surface area contributed by atoms with Crippen molar-refractivity contribution in [3.8, 4) is 11.3 Å². The van der Waals surface area contributed by atoms with Gasteiger partial charge < -0.3 is 9.84 Å². The van der Waals surface area contributed by atoms with Crippen LogP contribution < -0.4 is 5.32 Å². The van der Waals surface area contributed by atoms with E-state index < -0.39 is 0 Å². The lowest BCUT2D eigenvalue weighted by molar-refractivity contribution is 0.420. The van der Waals surface area contributed by atoms with E-state index in [0.29, 0.717) is 16.8 Å². The van der Waals surface area contributed by atoms with E-state index >= 15 is 0 Å². The summed E-state index contributed by atoms with van der Waals surface area (Å²) in [6.45, 7) is 3.73. The van der Waals surface area contributed by atoms with Crippen molar-refractivity contribution in [1.82, 2.24) is 10.5 Å². The Morgan fingerprint density at radius 1 is 1.39 bits per heavy atom. The van der Waals surface area contributed by atoms with E-state index in [1.807, 2.05) is 6.07 Å². The van der Waals surface area contributed by atoms with Crippen molar-refractivity contribution >= 4 is 15.9 Å². The third-order valence-electron chi connectivity index (χ3n) is 2.49. The van der Waals surface area contributed by atoms with Crippen LogP contribution >= 0.6 is 15.9 Å². The molecule has 1 N–H and O–H groups in total. The summed E-state index contributed by atoms with van der Waals surface area (Å²) in [5.74, 6) is 0.352. The number of hydrogen-bond donors (Lipinski definition) is 1. The van der Waals surface area contributed by atoms with Gasteiger partial charge in [-0.25, -0.2) is 4.39 Å². The van der Waals surface area contributed by atoms with E-state index in [-0.39, 0.29) is 5.82 Å². The van der Waals surface area contributed by atoms with Gasteiger partial charge in [0.15, 0.2) is 5.76 Å². The summed E-state index contributed by atoms with van der Waals surface area (Å²) in [7, 11) is 0. The molecular weight excluding hydrogens is 299 g/mol. The number of rotatable bonds is 5. The van der Waals surface area contributed by atoms with Crippen LogP contribution in [0.5, 0.6) is 0 Å². The van der Waals surface area contributed by atoms with Crippen LogP contribution in [0.2, 0.25) is 0 Å². The van der Waals surface area contributed by atoms with Crippen LogP contribution in [0.25, 0.3) is 11.3 Å². The molecule has 0 aliphatic carbocycles. The molecule has 0 radical (unpaired) electrons. The molecule has 3 nitrogen and oxygen atoms in total. The maximum atomic E-state index is 13.0. The Morgan fingerprint density at radius 3 is 2.94 bits per heavy atom. The highest BCUT2D eigenvalue weighted by Crippen LogP contribution is 2.29. The number of aromatic nitrogens is 1. The van der Waals surface area contributed by atoms with E-state index in [0.717, 1.165) is 24.2 Å². The van der Waals surface area contributed by atoms with Gasteiger partial charge in [-0.05, 0) is 47.1 Å². The highest BCUT2D eigenvalue weighted by atomic mass is 79.9. The summed E-state index contributed by atoms with van der Waals surface area (Å²) in [6, 6.07) is 6.34. The molecule has 1 heterocycles. The van der Waals surface area contributed by atoms with Crippen LogP contribution in [0.15, 0.2) is 33.3 Å². The lowest BCUT2D eigenvalue weighted by Gasteiger charge is -1.99. The molecule has 1 aromatic carbocycles. The topological polar surface area (TPSA) is 38.1 Å². The Hall–Kier alpha value is -1.20. The van der Waals surface area contributed by atoms with Gasteiger partial charge in [0.25, 0.3) is 0 Å². The molecule has 0 unspecified atom stereocenters. The molecule has 0 spiro atoms. The Bertz CT molecular complexity index is 527. The van der Waals surface area contributed by atoms with Crippen LogP contribution in [0.1, 0.15) is 19.0 Å². The molecule has 0 fully saturated rings. The van der Waals surface area contributed by atoms with Gasteiger partial charge in [-0.1, -0.05) is 12.1 Å². The number of hydrogen-bond acceptors (Lipinski definition) is 3. The van der Waals surface area contributed by atoms with Gasteiger partial charge in [0.2, 0.25) is 0 Å². The fourth-order valence-electron chi connectivity index (χ4n) is 1.60. The van der Waals surface area contributed by atoms with Gasteiger partial charge in [0.05, 0.1) is 5.69 Å². The number of nitrogens with one attached hydrogen (secondary N) is 1. The molecule has 1 aromatic heterocycles. The summed E-state index contributed by atoms with van der Waals surface area (Å²) in [5.41, 5.74) is 1.64. The Labute approximate surface area is 113 Å². The molecule has 2 rings (SSSR count). The Morgan fingerprint density at radius 2 is 2.22 bits per heavy atom. The molecule has 0 atom stereocenters. The molecule has 0 aliphatic rings. The van der Waals surface area contributed by atoms with Crippen LogP contribution in [-0.4, -0.2) is 11.7 Å². The molecule has 0 amide bonds. The Kier molecular flexibility index (Phi) is 4.49. The van der Waals surface area contributed by atoms with Crippen molar-refractivity contribution in [2.75, 3.05) is 6.54 Å². The monoisotopic (exact) mass is 312 g/mol. The van der Waals surface area contributed by atoms with Crippen molar-refractivity contribution in [2.24, 2.45) is 0 Å². The SMILES string of the molecule is CCCNCc1cc(-c2ccc(F)cc2Br)on1. The van der Waals surface area contributed by atoms with Gasteiger partial charge in [0.1, 0.15) is 5.82 Å². The van der Waals surface area contributed by atoms with Crippen molar-refractivity contribution in [3.05, 3.63) is 40.2 Å². The fourth-order valence-corrected chi connectivity index (χ4v) is 2.15. The van der Waals surface area contributed by atoms with Crippen molar-refractivity contribution in [2.45, 2.75) is 19.9 Å². The van der Waals surface area contributed by atoms with Crippen LogP contribution in [0.4, 0.5) is 4.39 Å². The summed E-state index contributed by atoms with van der Waals surface area (Å²) >= 11 is 3.31. The predicted octanol–water partition coefficient (Wildman–Crippen LogP) is 3.74. The first-order valence-corrected chi connectivity index (χ1v) is 6.61. The minimum absolute atomic E-state index is 0.282. The first-order valence-electron chi connectivity index (χ1n) is 5.82. The maximum absolute atomic E-state index is 13.0. The Balaban J connectivity index is 2.13. The van der Waals surface area contributed by atoms with Gasteiger partial charge in [-0.15, -0.1) is 0 Å². The maximum Gasteiger partial charge on any atom is 0.168 e. The van der Waals surface area contributed by atoms with Gasteiger partial charge in [-0.3, -0.25) is 0 Å². The van der Waals surface area contributed by atoms with Crippen LogP contribution in [0, 0.1) is 5.82 Å². The standard InChI is InChI=1S/C13H14BrFN2O/c1-2-5-16-8-10-7-13(18-17-10)11-4-3-9(15)6-12(11)14/h3-4,6-7,16H,2,5,8H2,1H3. The lowest BCUT2D eigenvalue weighted by atomic mass is 10.1. The third kappa shape index (κ3) is 3.17. The van der Waals surface area contributed by atoms with E-state index in [1.54, 1.807) is 6.07 Å².